The first kappa shape index (κ1) is 10.4. The van der Waals surface area contributed by atoms with Gasteiger partial charge >= 0.3 is 0 Å². The highest BCUT2D eigenvalue weighted by molar-refractivity contribution is 5.40. The third kappa shape index (κ3) is 2.67. The summed E-state index contributed by atoms with van der Waals surface area (Å²) in [5.41, 5.74) is 0. The van der Waals surface area contributed by atoms with Crippen LogP contribution in [0.1, 0.15) is 13.3 Å². The highest BCUT2D eigenvalue weighted by Gasteiger charge is 2.01. The zero-order chi connectivity index (χ0) is 10.4. The fourth-order valence-electron chi connectivity index (χ4n) is 1.03. The van der Waals surface area contributed by atoms with Crippen LogP contribution in [0.25, 0.3) is 0 Å². The Morgan fingerprint density at radius 3 is 2.86 bits per heavy atom. The fourth-order valence-corrected chi connectivity index (χ4v) is 1.03. The van der Waals surface area contributed by atoms with E-state index < -0.39 is 0 Å². The van der Waals surface area contributed by atoms with Crippen LogP contribution in [0.15, 0.2) is 18.3 Å². The Bertz CT molecular complexity index is 313. The Labute approximate surface area is 84.5 Å². The molecule has 1 N–H and O–H groups in total. The van der Waals surface area contributed by atoms with Gasteiger partial charge in [-0.1, -0.05) is 12.8 Å². The van der Waals surface area contributed by atoms with Crippen LogP contribution in [0.2, 0.25) is 0 Å². The molecule has 1 unspecified atom stereocenters. The molecule has 1 aromatic heterocycles. The smallest absolute Gasteiger partial charge is 0.137 e. The molecule has 1 heterocycles. The van der Waals surface area contributed by atoms with Gasteiger partial charge in [-0.3, -0.25) is 0 Å². The van der Waals surface area contributed by atoms with Gasteiger partial charge in [-0.2, -0.15) is 0 Å². The summed E-state index contributed by atoms with van der Waals surface area (Å²) < 4.78 is 5.00. The van der Waals surface area contributed by atoms with Gasteiger partial charge < -0.3 is 10.1 Å². The van der Waals surface area contributed by atoms with Crippen molar-refractivity contribution in [3.8, 4) is 18.1 Å². The molecule has 1 aromatic rings. The molecule has 0 aliphatic carbocycles. The molecule has 3 nitrogen and oxygen atoms in total. The van der Waals surface area contributed by atoms with Crippen molar-refractivity contribution < 1.29 is 4.74 Å². The van der Waals surface area contributed by atoms with E-state index in [4.69, 9.17) is 11.2 Å². The molecule has 0 amide bonds. The fraction of sp³-hybridized carbons (Fsp3) is 0.364. The van der Waals surface area contributed by atoms with Crippen molar-refractivity contribution in [2.24, 2.45) is 0 Å². The molecule has 0 saturated carbocycles. The quantitative estimate of drug-likeness (QED) is 0.736. The van der Waals surface area contributed by atoms with E-state index in [0.29, 0.717) is 0 Å². The number of aromatic nitrogens is 1. The summed E-state index contributed by atoms with van der Waals surface area (Å²) in [5.74, 6) is 4.16. The largest absolute Gasteiger partial charge is 0.495 e. The predicted octanol–water partition coefficient (Wildman–Crippen LogP) is 1.91. The lowest BCUT2D eigenvalue weighted by Crippen LogP contribution is -2.16. The van der Waals surface area contributed by atoms with Gasteiger partial charge in [0, 0.05) is 0 Å². The number of hydrogen-bond acceptors (Lipinski definition) is 3. The van der Waals surface area contributed by atoms with Crippen molar-refractivity contribution in [1.82, 2.24) is 4.98 Å². The number of nitrogens with one attached hydrogen (secondary N) is 1. The van der Waals surface area contributed by atoms with Crippen LogP contribution in [0, 0.1) is 12.3 Å². The van der Waals surface area contributed by atoms with Gasteiger partial charge in [0.15, 0.2) is 0 Å². The second kappa shape index (κ2) is 5.13. The second-order valence-electron chi connectivity index (χ2n) is 2.86. The first-order valence-electron chi connectivity index (χ1n) is 4.52. The maximum Gasteiger partial charge on any atom is 0.137 e. The highest BCUT2D eigenvalue weighted by atomic mass is 16.5. The zero-order valence-electron chi connectivity index (χ0n) is 8.45. The minimum atomic E-state index is 0.0379. The molecule has 74 valence electrons. The van der Waals surface area contributed by atoms with Gasteiger partial charge in [0.25, 0.3) is 0 Å². The molecule has 14 heavy (non-hydrogen) atoms. The Kier molecular flexibility index (Phi) is 3.81. The van der Waals surface area contributed by atoms with E-state index in [1.807, 2.05) is 19.1 Å². The summed E-state index contributed by atoms with van der Waals surface area (Å²) in [6.07, 6.45) is 7.86. The number of rotatable bonds is 4. The van der Waals surface area contributed by atoms with Crippen molar-refractivity contribution in [3.05, 3.63) is 18.3 Å². The number of methoxy groups -OCH3 is 1. The summed E-state index contributed by atoms with van der Waals surface area (Å²) in [5, 5.41) is 3.13. The molecule has 3 heteroatoms. The lowest BCUT2D eigenvalue weighted by atomic mass is 10.2. The molecule has 0 aliphatic rings. The van der Waals surface area contributed by atoms with E-state index in [0.717, 1.165) is 18.0 Å². The van der Waals surface area contributed by atoms with E-state index in [-0.39, 0.29) is 6.04 Å². The number of terminal acetylenes is 1. The number of ether oxygens (including phenoxy) is 1. The normalized spacial score (nSPS) is 11.5. The van der Waals surface area contributed by atoms with Gasteiger partial charge in [0.2, 0.25) is 0 Å². The van der Waals surface area contributed by atoms with Crippen LogP contribution in [0.3, 0.4) is 0 Å². The Balaban J connectivity index is 2.64. The monoisotopic (exact) mass is 190 g/mol. The Morgan fingerprint density at radius 1 is 1.64 bits per heavy atom. The number of nitrogens with zero attached hydrogens (tertiary/aromatic N) is 1. The van der Waals surface area contributed by atoms with Gasteiger partial charge in [-0.15, -0.1) is 6.42 Å². The highest BCUT2D eigenvalue weighted by Crippen LogP contribution is 2.12. The lowest BCUT2D eigenvalue weighted by Gasteiger charge is -2.11. The second-order valence-corrected chi connectivity index (χ2v) is 2.86. The third-order valence-corrected chi connectivity index (χ3v) is 1.90. The molecule has 0 aliphatic heterocycles. The molecule has 0 aromatic carbocycles. The van der Waals surface area contributed by atoms with E-state index in [9.17, 15) is 0 Å². The number of hydrogen-bond donors (Lipinski definition) is 1. The molecule has 1 atom stereocenters. The van der Waals surface area contributed by atoms with Crippen LogP contribution in [-0.4, -0.2) is 18.1 Å². The van der Waals surface area contributed by atoms with Crippen LogP contribution >= 0.6 is 0 Å². The van der Waals surface area contributed by atoms with Crippen LogP contribution < -0.4 is 10.1 Å². The summed E-state index contributed by atoms with van der Waals surface area (Å²) in [4.78, 5) is 4.15. The lowest BCUT2D eigenvalue weighted by molar-refractivity contribution is 0.413. The van der Waals surface area contributed by atoms with E-state index in [1.165, 1.54) is 0 Å². The molecular formula is C11H14N2O. The SMILES string of the molecule is C#CC(CC)Nc1ccc(OC)cn1. The summed E-state index contributed by atoms with van der Waals surface area (Å²) >= 11 is 0. The van der Waals surface area contributed by atoms with Crippen LogP contribution in [0.4, 0.5) is 5.82 Å². The van der Waals surface area contributed by atoms with Gasteiger partial charge in [0.1, 0.15) is 11.6 Å². The average molecular weight is 190 g/mol. The molecule has 0 spiro atoms. The molecule has 0 bridgehead atoms. The van der Waals surface area contributed by atoms with Crippen molar-refractivity contribution >= 4 is 5.82 Å². The molecular weight excluding hydrogens is 176 g/mol. The van der Waals surface area contributed by atoms with Gasteiger partial charge in [-0.25, -0.2) is 4.98 Å². The van der Waals surface area contributed by atoms with Crippen molar-refractivity contribution in [2.75, 3.05) is 12.4 Å². The first-order chi connectivity index (χ1) is 6.80. The van der Waals surface area contributed by atoms with Crippen molar-refractivity contribution in [3.63, 3.8) is 0 Å². The number of anilines is 1. The summed E-state index contributed by atoms with van der Waals surface area (Å²) in [6.45, 7) is 2.03. The minimum absolute atomic E-state index is 0.0379. The first-order valence-corrected chi connectivity index (χ1v) is 4.52. The summed E-state index contributed by atoms with van der Waals surface area (Å²) in [6, 6.07) is 3.73. The van der Waals surface area contributed by atoms with E-state index in [2.05, 4.69) is 16.2 Å². The zero-order valence-corrected chi connectivity index (χ0v) is 8.45. The Hall–Kier alpha value is -1.69. The topological polar surface area (TPSA) is 34.1 Å². The maximum atomic E-state index is 5.32. The molecule has 0 fully saturated rings. The predicted molar refractivity (Wildman–Crippen MR) is 57.3 cm³/mol. The van der Waals surface area contributed by atoms with Crippen molar-refractivity contribution in [2.45, 2.75) is 19.4 Å². The Morgan fingerprint density at radius 2 is 2.43 bits per heavy atom. The van der Waals surface area contributed by atoms with Gasteiger partial charge in [-0.05, 0) is 18.6 Å². The molecule has 0 saturated heterocycles. The minimum Gasteiger partial charge on any atom is -0.495 e. The maximum absolute atomic E-state index is 5.32. The van der Waals surface area contributed by atoms with E-state index >= 15 is 0 Å². The van der Waals surface area contributed by atoms with Gasteiger partial charge in [0.05, 0.1) is 19.3 Å². The van der Waals surface area contributed by atoms with Crippen molar-refractivity contribution in [1.29, 1.82) is 0 Å². The third-order valence-electron chi connectivity index (χ3n) is 1.90. The van der Waals surface area contributed by atoms with E-state index in [1.54, 1.807) is 13.3 Å². The average Bonchev–Trinajstić information content (AvgIpc) is 2.26. The number of pyridine rings is 1. The molecule has 1 rings (SSSR count). The van der Waals surface area contributed by atoms with Crippen LogP contribution in [0.5, 0.6) is 5.75 Å². The summed E-state index contributed by atoms with van der Waals surface area (Å²) in [7, 11) is 1.61. The standard InChI is InChI=1S/C11H14N2O/c1-4-9(5-2)13-11-7-6-10(14-3)8-12-11/h1,6-9H,5H2,2-3H3,(H,12,13). The molecule has 0 radical (unpaired) electrons. The van der Waals surface area contributed by atoms with Crippen LogP contribution in [-0.2, 0) is 0 Å².